The average molecular weight is 532 g/mol. The summed E-state index contributed by atoms with van der Waals surface area (Å²) in [7, 11) is 0. The lowest BCUT2D eigenvalue weighted by atomic mass is 9.94. The van der Waals surface area contributed by atoms with Gasteiger partial charge in [-0.05, 0) is 60.1 Å². The zero-order chi connectivity index (χ0) is 24.9. The molecule has 2 aromatic carbocycles. The van der Waals surface area contributed by atoms with Crippen LogP contribution < -0.4 is 10.2 Å². The molecule has 1 fully saturated rings. The van der Waals surface area contributed by atoms with Gasteiger partial charge in [-0.1, -0.05) is 79.7 Å². The van der Waals surface area contributed by atoms with Gasteiger partial charge in [0, 0.05) is 11.7 Å². The van der Waals surface area contributed by atoms with Crippen LogP contribution in [0.5, 0.6) is 5.75 Å². The standard InChI is InChI=1S/C26H27Cl2N3O3S/c1-2-16-8-6-7-11-20(16)31(26(34)22-21(27)24(28)35-30-22)23(17-12-14-19(32)15-13-17)25(33)29-18-9-4-3-5-10-18/h6-8,11-15,18,23,32H,2-5,9-10H2,1H3,(H,29,33). The van der Waals surface area contributed by atoms with Gasteiger partial charge < -0.3 is 10.4 Å². The molecule has 2 amide bonds. The lowest BCUT2D eigenvalue weighted by Gasteiger charge is -2.34. The van der Waals surface area contributed by atoms with Gasteiger partial charge in [0.1, 0.15) is 21.2 Å². The van der Waals surface area contributed by atoms with E-state index in [0.29, 0.717) is 17.7 Å². The van der Waals surface area contributed by atoms with E-state index in [-0.39, 0.29) is 32.8 Å². The molecule has 1 heterocycles. The Balaban J connectivity index is 1.85. The number of para-hydroxylation sites is 1. The van der Waals surface area contributed by atoms with Crippen molar-refractivity contribution in [3.8, 4) is 5.75 Å². The number of halogens is 2. The molecule has 0 radical (unpaired) electrons. The molecule has 184 valence electrons. The molecule has 1 aliphatic carbocycles. The monoisotopic (exact) mass is 531 g/mol. The van der Waals surface area contributed by atoms with Gasteiger partial charge in [0.25, 0.3) is 5.91 Å². The molecule has 9 heteroatoms. The molecule has 3 aromatic rings. The smallest absolute Gasteiger partial charge is 0.280 e. The maximum Gasteiger partial charge on any atom is 0.280 e. The first-order valence-corrected chi connectivity index (χ1v) is 13.2. The fraction of sp³-hybridized carbons (Fsp3) is 0.346. The Bertz CT molecular complexity index is 1190. The van der Waals surface area contributed by atoms with Gasteiger partial charge in [-0.25, -0.2) is 0 Å². The number of aryl methyl sites for hydroxylation is 1. The summed E-state index contributed by atoms with van der Waals surface area (Å²) in [5.74, 6) is -0.739. The average Bonchev–Trinajstić information content (AvgIpc) is 3.21. The van der Waals surface area contributed by atoms with Crippen molar-refractivity contribution < 1.29 is 14.7 Å². The second-order valence-electron chi connectivity index (χ2n) is 8.61. The predicted molar refractivity (Wildman–Crippen MR) is 141 cm³/mol. The van der Waals surface area contributed by atoms with E-state index < -0.39 is 11.9 Å². The van der Waals surface area contributed by atoms with Crippen LogP contribution in [-0.2, 0) is 11.2 Å². The molecule has 4 rings (SSSR count). The van der Waals surface area contributed by atoms with Crippen LogP contribution in [0.4, 0.5) is 5.69 Å². The van der Waals surface area contributed by atoms with Gasteiger partial charge >= 0.3 is 0 Å². The summed E-state index contributed by atoms with van der Waals surface area (Å²) in [6.07, 6.45) is 5.73. The van der Waals surface area contributed by atoms with E-state index in [1.807, 2.05) is 31.2 Å². The van der Waals surface area contributed by atoms with Crippen molar-refractivity contribution in [3.05, 3.63) is 74.7 Å². The second kappa shape index (κ2) is 11.4. The second-order valence-corrected chi connectivity index (χ2v) is 10.4. The van der Waals surface area contributed by atoms with Crippen molar-refractivity contribution in [2.24, 2.45) is 0 Å². The van der Waals surface area contributed by atoms with Crippen LogP contribution in [0.25, 0.3) is 0 Å². The van der Waals surface area contributed by atoms with Crippen LogP contribution in [0.15, 0.2) is 48.5 Å². The van der Waals surface area contributed by atoms with E-state index in [2.05, 4.69) is 9.69 Å². The Morgan fingerprint density at radius 3 is 2.43 bits per heavy atom. The number of amides is 2. The Morgan fingerprint density at radius 2 is 1.80 bits per heavy atom. The number of carbonyl (C=O) groups excluding carboxylic acids is 2. The largest absolute Gasteiger partial charge is 0.508 e. The first kappa shape index (κ1) is 25.5. The van der Waals surface area contributed by atoms with E-state index >= 15 is 0 Å². The van der Waals surface area contributed by atoms with Crippen molar-refractivity contribution in [2.45, 2.75) is 57.5 Å². The number of rotatable bonds is 7. The third kappa shape index (κ3) is 5.63. The van der Waals surface area contributed by atoms with E-state index in [0.717, 1.165) is 49.2 Å². The molecule has 1 atom stereocenters. The lowest BCUT2D eigenvalue weighted by Crippen LogP contribution is -2.47. The van der Waals surface area contributed by atoms with Gasteiger partial charge in [-0.2, -0.15) is 4.37 Å². The topological polar surface area (TPSA) is 82.5 Å². The Hall–Kier alpha value is -2.61. The van der Waals surface area contributed by atoms with Gasteiger partial charge in [-0.3, -0.25) is 14.5 Å². The van der Waals surface area contributed by atoms with Crippen LogP contribution in [0.2, 0.25) is 9.36 Å². The van der Waals surface area contributed by atoms with Crippen LogP contribution in [0.3, 0.4) is 0 Å². The van der Waals surface area contributed by atoms with Crippen molar-refractivity contribution in [3.63, 3.8) is 0 Å². The Labute approximate surface area is 219 Å². The minimum atomic E-state index is -1.01. The number of benzene rings is 2. The summed E-state index contributed by atoms with van der Waals surface area (Å²) in [5, 5.41) is 13.1. The summed E-state index contributed by atoms with van der Waals surface area (Å²) in [4.78, 5) is 29.4. The van der Waals surface area contributed by atoms with Crippen LogP contribution in [0.1, 0.15) is 66.7 Å². The van der Waals surface area contributed by atoms with Crippen molar-refractivity contribution in [2.75, 3.05) is 4.90 Å². The number of aromatic nitrogens is 1. The number of hydrogen-bond donors (Lipinski definition) is 2. The molecule has 6 nitrogen and oxygen atoms in total. The number of aromatic hydroxyl groups is 1. The molecule has 0 bridgehead atoms. The van der Waals surface area contributed by atoms with Crippen LogP contribution in [-0.4, -0.2) is 27.3 Å². The molecule has 0 saturated heterocycles. The Morgan fingerprint density at radius 1 is 1.11 bits per heavy atom. The number of hydrogen-bond acceptors (Lipinski definition) is 5. The summed E-state index contributed by atoms with van der Waals surface area (Å²) in [6, 6.07) is 12.9. The molecule has 0 spiro atoms. The third-order valence-electron chi connectivity index (χ3n) is 6.32. The maximum absolute atomic E-state index is 14.0. The van der Waals surface area contributed by atoms with E-state index in [1.165, 1.54) is 17.0 Å². The number of nitrogens with zero attached hydrogens (tertiary/aromatic N) is 2. The zero-order valence-corrected chi connectivity index (χ0v) is 21.7. The van der Waals surface area contributed by atoms with Crippen molar-refractivity contribution in [1.29, 1.82) is 0 Å². The summed E-state index contributed by atoms with van der Waals surface area (Å²) >= 11 is 13.4. The lowest BCUT2D eigenvalue weighted by molar-refractivity contribution is -0.123. The number of anilines is 1. The fourth-order valence-electron chi connectivity index (χ4n) is 4.52. The minimum Gasteiger partial charge on any atom is -0.508 e. The predicted octanol–water partition coefficient (Wildman–Crippen LogP) is 6.55. The molecule has 1 unspecified atom stereocenters. The fourth-order valence-corrected chi connectivity index (χ4v) is 5.51. The van der Waals surface area contributed by atoms with Crippen molar-refractivity contribution in [1.82, 2.24) is 9.69 Å². The molecule has 0 aliphatic heterocycles. The maximum atomic E-state index is 14.0. The summed E-state index contributed by atoms with van der Waals surface area (Å²) in [6.45, 7) is 1.99. The zero-order valence-electron chi connectivity index (χ0n) is 19.3. The highest BCUT2D eigenvalue weighted by Gasteiger charge is 2.37. The number of nitrogens with one attached hydrogen (secondary N) is 1. The summed E-state index contributed by atoms with van der Waals surface area (Å²) in [5.41, 5.74) is 2.05. The van der Waals surface area contributed by atoms with Crippen LogP contribution in [0, 0.1) is 0 Å². The highest BCUT2D eigenvalue weighted by molar-refractivity contribution is 7.11. The van der Waals surface area contributed by atoms with E-state index in [4.69, 9.17) is 23.2 Å². The van der Waals surface area contributed by atoms with E-state index in [9.17, 15) is 14.7 Å². The van der Waals surface area contributed by atoms with Gasteiger partial charge in [0.15, 0.2) is 5.69 Å². The molecule has 35 heavy (non-hydrogen) atoms. The van der Waals surface area contributed by atoms with E-state index in [1.54, 1.807) is 12.1 Å². The number of carbonyl (C=O) groups is 2. The number of phenolic OH excluding ortho intramolecular Hbond substituents is 1. The van der Waals surface area contributed by atoms with Gasteiger partial charge in [0.05, 0.1) is 0 Å². The first-order valence-electron chi connectivity index (χ1n) is 11.7. The highest BCUT2D eigenvalue weighted by Crippen LogP contribution is 2.37. The Kier molecular flexibility index (Phi) is 8.31. The SMILES string of the molecule is CCc1ccccc1N(C(=O)c1nsc(Cl)c1Cl)C(C(=O)NC1CCCCC1)c1ccc(O)cc1. The van der Waals surface area contributed by atoms with Crippen LogP contribution >= 0.6 is 34.7 Å². The number of phenols is 1. The molecule has 1 aromatic heterocycles. The molecular formula is C26H27Cl2N3O3S. The molecule has 1 aliphatic rings. The highest BCUT2D eigenvalue weighted by atomic mass is 35.5. The molecule has 1 saturated carbocycles. The molecule has 2 N–H and O–H groups in total. The van der Waals surface area contributed by atoms with Crippen molar-refractivity contribution >= 4 is 52.2 Å². The third-order valence-corrected chi connectivity index (χ3v) is 7.93. The minimum absolute atomic E-state index is 0.00168. The van der Waals surface area contributed by atoms with Gasteiger partial charge in [-0.15, -0.1) is 0 Å². The normalized spacial score (nSPS) is 14.9. The van der Waals surface area contributed by atoms with Gasteiger partial charge in [0.2, 0.25) is 5.91 Å². The quantitative estimate of drug-likeness (QED) is 0.361. The summed E-state index contributed by atoms with van der Waals surface area (Å²) < 4.78 is 4.41. The molecular weight excluding hydrogens is 505 g/mol. The first-order chi connectivity index (χ1) is 16.9.